The average molecular weight is 296 g/mol. The lowest BCUT2D eigenvalue weighted by molar-refractivity contribution is 0.0697. The van der Waals surface area contributed by atoms with Crippen LogP contribution in [0.15, 0.2) is 42.6 Å². The molecule has 1 unspecified atom stereocenters. The van der Waals surface area contributed by atoms with E-state index in [2.05, 4.69) is 20.5 Å². The van der Waals surface area contributed by atoms with Crippen molar-refractivity contribution in [2.45, 2.75) is 19.4 Å². The third kappa shape index (κ3) is 2.63. The summed E-state index contributed by atoms with van der Waals surface area (Å²) in [5, 5.41) is 20.6. The second kappa shape index (κ2) is 5.85. The van der Waals surface area contributed by atoms with Crippen LogP contribution >= 0.6 is 0 Å². The highest BCUT2D eigenvalue weighted by Crippen LogP contribution is 2.27. The molecular formula is C16H16N4O2. The number of carboxylic acid groups (broad SMARTS) is 1. The van der Waals surface area contributed by atoms with Gasteiger partial charge in [0.25, 0.3) is 0 Å². The SMILES string of the molecule is CCC(Nc1ccccn1)c1n[nH]c2ccc(C(=O)O)cc12. The van der Waals surface area contributed by atoms with Crippen LogP contribution < -0.4 is 5.32 Å². The number of aromatic amines is 1. The van der Waals surface area contributed by atoms with E-state index in [4.69, 9.17) is 5.11 Å². The number of carboxylic acids is 1. The van der Waals surface area contributed by atoms with E-state index < -0.39 is 5.97 Å². The van der Waals surface area contributed by atoms with Gasteiger partial charge < -0.3 is 10.4 Å². The lowest BCUT2D eigenvalue weighted by atomic mass is 10.0. The number of aromatic nitrogens is 3. The number of fused-ring (bicyclic) bond motifs is 1. The minimum atomic E-state index is -0.945. The lowest BCUT2D eigenvalue weighted by Crippen LogP contribution is -2.11. The molecule has 0 aliphatic rings. The van der Waals surface area contributed by atoms with Gasteiger partial charge in [0, 0.05) is 11.6 Å². The number of nitrogens with one attached hydrogen (secondary N) is 2. The Morgan fingerprint density at radius 2 is 2.23 bits per heavy atom. The molecule has 0 spiro atoms. The minimum Gasteiger partial charge on any atom is -0.478 e. The van der Waals surface area contributed by atoms with Gasteiger partial charge in [-0.05, 0) is 36.8 Å². The number of pyridine rings is 1. The highest BCUT2D eigenvalue weighted by molar-refractivity contribution is 5.94. The van der Waals surface area contributed by atoms with Crippen molar-refractivity contribution in [3.8, 4) is 0 Å². The number of benzene rings is 1. The standard InChI is InChI=1S/C16H16N4O2/c1-2-12(18-14-5-3-4-8-17-14)15-11-9-10(16(21)22)6-7-13(11)19-20-15/h3-9,12H,2H2,1H3,(H,17,18)(H,19,20)(H,21,22). The summed E-state index contributed by atoms with van der Waals surface area (Å²) in [7, 11) is 0. The zero-order valence-corrected chi connectivity index (χ0v) is 12.1. The molecule has 0 radical (unpaired) electrons. The maximum atomic E-state index is 11.2. The molecule has 3 rings (SSSR count). The van der Waals surface area contributed by atoms with Crippen LogP contribution in [-0.2, 0) is 0 Å². The highest BCUT2D eigenvalue weighted by Gasteiger charge is 2.17. The van der Waals surface area contributed by atoms with E-state index in [1.165, 1.54) is 0 Å². The maximum Gasteiger partial charge on any atom is 0.335 e. The molecule has 1 aromatic carbocycles. The molecule has 3 N–H and O–H groups in total. The molecule has 2 aromatic heterocycles. The van der Waals surface area contributed by atoms with Crippen LogP contribution in [-0.4, -0.2) is 26.3 Å². The van der Waals surface area contributed by atoms with Gasteiger partial charge in [-0.1, -0.05) is 13.0 Å². The van der Waals surface area contributed by atoms with Crippen molar-refractivity contribution in [2.75, 3.05) is 5.32 Å². The number of aromatic carboxylic acids is 1. The maximum absolute atomic E-state index is 11.2. The molecule has 0 saturated heterocycles. The van der Waals surface area contributed by atoms with Gasteiger partial charge in [-0.2, -0.15) is 5.10 Å². The second-order valence-electron chi connectivity index (χ2n) is 4.99. The molecule has 0 bridgehead atoms. The van der Waals surface area contributed by atoms with Gasteiger partial charge in [0.15, 0.2) is 0 Å². The molecule has 22 heavy (non-hydrogen) atoms. The number of H-pyrrole nitrogens is 1. The molecule has 3 aromatic rings. The Balaban J connectivity index is 1.99. The van der Waals surface area contributed by atoms with Crippen molar-refractivity contribution in [2.24, 2.45) is 0 Å². The normalized spacial score (nSPS) is 12.2. The van der Waals surface area contributed by atoms with Crippen LogP contribution in [0.4, 0.5) is 5.82 Å². The largest absolute Gasteiger partial charge is 0.478 e. The van der Waals surface area contributed by atoms with E-state index in [0.717, 1.165) is 28.8 Å². The summed E-state index contributed by atoms with van der Waals surface area (Å²) in [5.41, 5.74) is 1.87. The molecule has 0 amide bonds. The zero-order chi connectivity index (χ0) is 15.5. The van der Waals surface area contributed by atoms with Crippen molar-refractivity contribution in [3.63, 3.8) is 0 Å². The Morgan fingerprint density at radius 3 is 2.91 bits per heavy atom. The molecule has 2 heterocycles. The summed E-state index contributed by atoms with van der Waals surface area (Å²) in [5.74, 6) is -0.181. The van der Waals surface area contributed by atoms with E-state index in [-0.39, 0.29) is 11.6 Å². The molecule has 6 nitrogen and oxygen atoms in total. The minimum absolute atomic E-state index is 0.0484. The Morgan fingerprint density at radius 1 is 1.36 bits per heavy atom. The summed E-state index contributed by atoms with van der Waals surface area (Å²) >= 11 is 0. The Hall–Kier alpha value is -2.89. The van der Waals surface area contributed by atoms with Crippen molar-refractivity contribution in [1.82, 2.24) is 15.2 Å². The molecule has 1 atom stereocenters. The van der Waals surface area contributed by atoms with Crippen molar-refractivity contribution >= 4 is 22.7 Å². The monoisotopic (exact) mass is 296 g/mol. The van der Waals surface area contributed by atoms with Crippen LogP contribution in [0.2, 0.25) is 0 Å². The number of anilines is 1. The van der Waals surface area contributed by atoms with Gasteiger partial charge in [-0.25, -0.2) is 9.78 Å². The number of hydrogen-bond acceptors (Lipinski definition) is 4. The third-order valence-electron chi connectivity index (χ3n) is 3.56. The molecule has 0 aliphatic heterocycles. The van der Waals surface area contributed by atoms with E-state index in [1.807, 2.05) is 25.1 Å². The first kappa shape index (κ1) is 14.1. The highest BCUT2D eigenvalue weighted by atomic mass is 16.4. The van der Waals surface area contributed by atoms with Crippen LogP contribution in [0.25, 0.3) is 10.9 Å². The topological polar surface area (TPSA) is 90.9 Å². The third-order valence-corrected chi connectivity index (χ3v) is 3.56. The van der Waals surface area contributed by atoms with Crippen molar-refractivity contribution in [3.05, 3.63) is 53.9 Å². The number of carbonyl (C=O) groups is 1. The number of rotatable bonds is 5. The summed E-state index contributed by atoms with van der Waals surface area (Å²) in [4.78, 5) is 15.4. The number of nitrogens with zero attached hydrogens (tertiary/aromatic N) is 2. The fraction of sp³-hybridized carbons (Fsp3) is 0.188. The van der Waals surface area contributed by atoms with Crippen molar-refractivity contribution in [1.29, 1.82) is 0 Å². The van der Waals surface area contributed by atoms with Crippen LogP contribution in [0.3, 0.4) is 0 Å². The van der Waals surface area contributed by atoms with Gasteiger partial charge >= 0.3 is 5.97 Å². The van der Waals surface area contributed by atoms with Crippen LogP contribution in [0.5, 0.6) is 0 Å². The molecular weight excluding hydrogens is 280 g/mol. The van der Waals surface area contributed by atoms with Crippen LogP contribution in [0.1, 0.15) is 35.4 Å². The molecule has 0 fully saturated rings. The molecule has 0 aliphatic carbocycles. The first-order chi connectivity index (χ1) is 10.7. The smallest absolute Gasteiger partial charge is 0.335 e. The first-order valence-corrected chi connectivity index (χ1v) is 7.08. The predicted molar refractivity (Wildman–Crippen MR) is 83.9 cm³/mol. The van der Waals surface area contributed by atoms with Gasteiger partial charge in [0.05, 0.1) is 22.8 Å². The van der Waals surface area contributed by atoms with E-state index >= 15 is 0 Å². The molecule has 6 heteroatoms. The van der Waals surface area contributed by atoms with E-state index in [1.54, 1.807) is 24.4 Å². The van der Waals surface area contributed by atoms with Gasteiger partial charge in [-0.15, -0.1) is 0 Å². The Kier molecular flexibility index (Phi) is 3.74. The predicted octanol–water partition coefficient (Wildman–Crippen LogP) is 3.22. The van der Waals surface area contributed by atoms with Gasteiger partial charge in [0.1, 0.15) is 5.82 Å². The Labute approximate surface area is 127 Å². The second-order valence-corrected chi connectivity index (χ2v) is 4.99. The molecule has 0 saturated carbocycles. The van der Waals surface area contributed by atoms with E-state index in [0.29, 0.717) is 0 Å². The zero-order valence-electron chi connectivity index (χ0n) is 12.1. The van der Waals surface area contributed by atoms with Gasteiger partial charge in [0.2, 0.25) is 0 Å². The summed E-state index contributed by atoms with van der Waals surface area (Å²) < 4.78 is 0. The summed E-state index contributed by atoms with van der Waals surface area (Å²) in [6, 6.07) is 10.6. The Bertz CT molecular complexity index is 798. The summed E-state index contributed by atoms with van der Waals surface area (Å²) in [6.07, 6.45) is 2.52. The fourth-order valence-corrected chi connectivity index (χ4v) is 2.42. The quantitative estimate of drug-likeness (QED) is 0.672. The first-order valence-electron chi connectivity index (χ1n) is 7.08. The average Bonchev–Trinajstić information content (AvgIpc) is 2.96. The van der Waals surface area contributed by atoms with Gasteiger partial charge in [-0.3, -0.25) is 5.10 Å². The van der Waals surface area contributed by atoms with Crippen LogP contribution in [0, 0.1) is 0 Å². The summed E-state index contributed by atoms with van der Waals surface area (Å²) in [6.45, 7) is 2.04. The van der Waals surface area contributed by atoms with Crippen molar-refractivity contribution < 1.29 is 9.90 Å². The molecule has 112 valence electrons. The fourth-order valence-electron chi connectivity index (χ4n) is 2.42. The number of hydrogen-bond donors (Lipinski definition) is 3. The van der Waals surface area contributed by atoms with E-state index in [9.17, 15) is 4.79 Å². The lowest BCUT2D eigenvalue weighted by Gasteiger charge is -2.15.